The summed E-state index contributed by atoms with van der Waals surface area (Å²) in [6, 6.07) is 0. The van der Waals surface area contributed by atoms with Gasteiger partial charge in [-0.05, 0) is 5.53 Å². The minimum absolute atomic E-state index is 0.714. The average molecular weight is 317 g/mol. The number of nitrogens with zero attached hydrogens (tertiary/aromatic N) is 3. The van der Waals surface area contributed by atoms with Crippen molar-refractivity contribution >= 4 is 5.97 Å². The second-order valence-corrected chi connectivity index (χ2v) is 4.02. The molecule has 2 atom stereocenters. The average Bonchev–Trinajstić information content (AvgIpc) is 2.57. The molecule has 0 aliphatic carbocycles. The first-order valence-electron chi connectivity index (χ1n) is 5.20. The van der Waals surface area contributed by atoms with E-state index in [9.17, 15) is 26.7 Å². The van der Waals surface area contributed by atoms with Crippen LogP contribution in [0.5, 0.6) is 0 Å². The Morgan fingerprint density at radius 1 is 1.57 bits per heavy atom. The van der Waals surface area contributed by atoms with Crippen LogP contribution in [-0.2, 0) is 14.3 Å². The summed E-state index contributed by atoms with van der Waals surface area (Å²) in [5, 5.41) is 11.7. The van der Waals surface area contributed by atoms with Gasteiger partial charge in [0.15, 0.2) is 0 Å². The lowest BCUT2D eigenvalue weighted by atomic mass is 10.1. The fraction of sp³-hybridized carbons (Fsp3) is 0.667. The number of hydrogen-bond acceptors (Lipinski definition) is 5. The van der Waals surface area contributed by atoms with Crippen molar-refractivity contribution in [3.63, 3.8) is 0 Å². The van der Waals surface area contributed by atoms with Gasteiger partial charge in [-0.1, -0.05) is 11.7 Å². The number of rotatable bonds is 4. The molecule has 2 unspecified atom stereocenters. The maximum absolute atomic E-state index is 13.2. The lowest BCUT2D eigenvalue weighted by molar-refractivity contribution is -0.407. The van der Waals surface area contributed by atoms with Crippen molar-refractivity contribution in [1.82, 2.24) is 0 Å². The summed E-state index contributed by atoms with van der Waals surface area (Å²) in [6.07, 6.45) is -9.14. The summed E-state index contributed by atoms with van der Waals surface area (Å²) in [5.74, 6) is -10.6. The van der Waals surface area contributed by atoms with E-state index in [1.54, 1.807) is 0 Å². The topological polar surface area (TPSA) is 105 Å². The van der Waals surface area contributed by atoms with Crippen molar-refractivity contribution < 1.29 is 41.3 Å². The highest BCUT2D eigenvalue weighted by Crippen LogP contribution is 2.50. The number of carbonyl (C=O) groups excluding carboxylic acids is 1. The van der Waals surface area contributed by atoms with Gasteiger partial charge in [0, 0.05) is 11.3 Å². The second kappa shape index (κ2) is 5.47. The molecule has 0 saturated carbocycles. The van der Waals surface area contributed by atoms with Gasteiger partial charge in [0.05, 0.1) is 0 Å². The maximum Gasteiger partial charge on any atom is 0.449 e. The summed E-state index contributed by atoms with van der Waals surface area (Å²) in [7, 11) is 0. The van der Waals surface area contributed by atoms with Crippen LogP contribution >= 0.6 is 0 Å². The first kappa shape index (κ1) is 17.1. The van der Waals surface area contributed by atoms with Gasteiger partial charge in [0.1, 0.15) is 18.4 Å². The molecule has 12 heteroatoms. The van der Waals surface area contributed by atoms with Gasteiger partial charge < -0.3 is 14.6 Å². The first-order valence-corrected chi connectivity index (χ1v) is 5.20. The third-order valence-electron chi connectivity index (χ3n) is 2.50. The Morgan fingerprint density at radius 2 is 2.14 bits per heavy atom. The van der Waals surface area contributed by atoms with Crippen molar-refractivity contribution in [3.8, 4) is 0 Å². The van der Waals surface area contributed by atoms with Crippen LogP contribution in [0.4, 0.5) is 22.0 Å². The summed E-state index contributed by atoms with van der Waals surface area (Å²) in [5.41, 5.74) is 7.29. The zero-order chi connectivity index (χ0) is 16.5. The predicted octanol–water partition coefficient (Wildman–Crippen LogP) is 2.03. The Labute approximate surface area is 113 Å². The summed E-state index contributed by atoms with van der Waals surface area (Å²) in [4.78, 5) is 13.3. The Hall–Kier alpha value is -1.91. The number of halogens is 5. The summed E-state index contributed by atoms with van der Waals surface area (Å²) >= 11 is 0. The highest BCUT2D eigenvalue weighted by molar-refractivity contribution is 5.87. The molecule has 1 fully saturated rings. The molecule has 1 aliphatic heterocycles. The molecule has 0 spiro atoms. The van der Waals surface area contributed by atoms with Crippen LogP contribution in [0.1, 0.15) is 6.42 Å². The number of carbonyl (C=O) groups is 1. The molecule has 0 aromatic carbocycles. The molecular formula is C9H8F5N3O4. The SMILES string of the molecule is C=C(N=[N+]=[N-])C(=O)OCC1CC(F)(F)C(O)(C(F)(F)F)O1. The normalized spacial score (nSPS) is 27.8. The first-order chi connectivity index (χ1) is 9.44. The number of esters is 1. The summed E-state index contributed by atoms with van der Waals surface area (Å²) < 4.78 is 71.9. The van der Waals surface area contributed by atoms with Crippen LogP contribution in [0.2, 0.25) is 0 Å². The molecule has 1 aliphatic rings. The highest BCUT2D eigenvalue weighted by atomic mass is 19.4. The fourth-order valence-corrected chi connectivity index (χ4v) is 1.51. The zero-order valence-electron chi connectivity index (χ0n) is 10.1. The van der Waals surface area contributed by atoms with E-state index in [1.807, 2.05) is 0 Å². The van der Waals surface area contributed by atoms with Gasteiger partial charge in [-0.2, -0.15) is 13.2 Å². The Balaban J connectivity index is 2.72. The van der Waals surface area contributed by atoms with Crippen LogP contribution < -0.4 is 0 Å². The Kier molecular flexibility index (Phi) is 4.46. The Bertz CT molecular complexity index is 502. The van der Waals surface area contributed by atoms with E-state index in [-0.39, 0.29) is 0 Å². The number of azide groups is 1. The van der Waals surface area contributed by atoms with Crippen molar-refractivity contribution in [2.45, 2.75) is 30.4 Å². The molecule has 1 saturated heterocycles. The molecule has 0 aromatic rings. The fourth-order valence-electron chi connectivity index (χ4n) is 1.51. The van der Waals surface area contributed by atoms with Crippen LogP contribution in [0.3, 0.4) is 0 Å². The highest BCUT2D eigenvalue weighted by Gasteiger charge is 2.75. The van der Waals surface area contributed by atoms with Gasteiger partial charge in [0.25, 0.3) is 0 Å². The molecule has 0 amide bonds. The molecule has 1 heterocycles. The minimum Gasteiger partial charge on any atom is -0.459 e. The second-order valence-electron chi connectivity index (χ2n) is 4.02. The number of aliphatic hydroxyl groups is 1. The molecule has 21 heavy (non-hydrogen) atoms. The van der Waals surface area contributed by atoms with Crippen molar-refractivity contribution in [2.24, 2.45) is 5.11 Å². The molecule has 1 N–H and O–H groups in total. The smallest absolute Gasteiger partial charge is 0.449 e. The lowest BCUT2D eigenvalue weighted by Gasteiger charge is -2.29. The molecule has 0 radical (unpaired) electrons. The van der Waals surface area contributed by atoms with Crippen LogP contribution in [0.25, 0.3) is 10.4 Å². The lowest BCUT2D eigenvalue weighted by Crippen LogP contribution is -2.56. The summed E-state index contributed by atoms with van der Waals surface area (Å²) in [6.45, 7) is 1.97. The third-order valence-corrected chi connectivity index (χ3v) is 2.50. The molecule has 118 valence electrons. The molecule has 7 nitrogen and oxygen atoms in total. The monoisotopic (exact) mass is 317 g/mol. The maximum atomic E-state index is 13.2. The van der Waals surface area contributed by atoms with E-state index in [0.29, 0.717) is 0 Å². The van der Waals surface area contributed by atoms with Gasteiger partial charge in [-0.15, -0.1) is 0 Å². The van der Waals surface area contributed by atoms with Crippen molar-refractivity contribution in [3.05, 3.63) is 22.7 Å². The van der Waals surface area contributed by atoms with Gasteiger partial charge >= 0.3 is 23.9 Å². The largest absolute Gasteiger partial charge is 0.459 e. The quantitative estimate of drug-likeness (QED) is 0.214. The number of hydrogen-bond donors (Lipinski definition) is 1. The number of ether oxygens (including phenoxy) is 2. The molecule has 1 rings (SSSR count). The molecule has 0 aromatic heterocycles. The third kappa shape index (κ3) is 3.23. The zero-order valence-corrected chi connectivity index (χ0v) is 10.1. The van der Waals surface area contributed by atoms with Gasteiger partial charge in [-0.25, -0.2) is 13.6 Å². The van der Waals surface area contributed by atoms with E-state index in [0.717, 1.165) is 0 Å². The number of alkyl halides is 5. The van der Waals surface area contributed by atoms with Gasteiger partial charge in [0.2, 0.25) is 0 Å². The van der Waals surface area contributed by atoms with Crippen molar-refractivity contribution in [1.29, 1.82) is 0 Å². The van der Waals surface area contributed by atoms with Crippen LogP contribution in [0.15, 0.2) is 17.4 Å². The molecule has 0 bridgehead atoms. The van der Waals surface area contributed by atoms with E-state index in [1.165, 1.54) is 0 Å². The predicted molar refractivity (Wildman–Crippen MR) is 54.7 cm³/mol. The standard InChI is InChI=1S/C9H8F5N3O4/c1-4(16-17-15)6(18)20-3-5-2-7(10,11)8(19,21-5)9(12,13)14/h5,19H,1-3H2. The van der Waals surface area contributed by atoms with E-state index < -0.39 is 48.7 Å². The molecular weight excluding hydrogens is 309 g/mol. The van der Waals surface area contributed by atoms with Crippen LogP contribution in [0, 0.1) is 0 Å². The minimum atomic E-state index is -5.73. The van der Waals surface area contributed by atoms with E-state index >= 15 is 0 Å². The van der Waals surface area contributed by atoms with E-state index in [4.69, 9.17) is 10.6 Å². The van der Waals surface area contributed by atoms with Gasteiger partial charge in [-0.3, -0.25) is 0 Å². The van der Waals surface area contributed by atoms with Crippen molar-refractivity contribution in [2.75, 3.05) is 6.61 Å². The Morgan fingerprint density at radius 3 is 2.57 bits per heavy atom. The van der Waals surface area contributed by atoms with E-state index in [2.05, 4.69) is 26.1 Å². The van der Waals surface area contributed by atoms with Crippen LogP contribution in [-0.4, -0.2) is 41.7 Å².